The quantitative estimate of drug-likeness (QED) is 0.459. The third-order valence-electron chi connectivity index (χ3n) is 3.05. The molecule has 0 aliphatic carbocycles. The summed E-state index contributed by atoms with van der Waals surface area (Å²) in [7, 11) is 0. The highest BCUT2D eigenvalue weighted by Crippen LogP contribution is 2.30. The van der Waals surface area contributed by atoms with Gasteiger partial charge in [-0.2, -0.15) is 4.68 Å². The Kier molecular flexibility index (Phi) is 2.78. The van der Waals surface area contributed by atoms with Gasteiger partial charge in [0.15, 0.2) is 23.2 Å². The SMILES string of the molecule is Nc1ncnc2c1nnn2[C@H]1O[C@@H](CO)[C@@H](O)[C@@H]1O. The summed E-state index contributed by atoms with van der Waals surface area (Å²) in [5, 5.41) is 36.2. The van der Waals surface area contributed by atoms with Crippen LogP contribution in [0.25, 0.3) is 11.2 Å². The molecule has 3 heterocycles. The molecule has 102 valence electrons. The first-order valence-corrected chi connectivity index (χ1v) is 5.57. The number of anilines is 1. The normalized spacial score (nSPS) is 31.1. The predicted octanol–water partition coefficient (Wildman–Crippen LogP) is -2.58. The van der Waals surface area contributed by atoms with Crippen LogP contribution >= 0.6 is 0 Å². The molecule has 1 aliphatic heterocycles. The van der Waals surface area contributed by atoms with Crippen molar-refractivity contribution in [3.8, 4) is 0 Å². The van der Waals surface area contributed by atoms with Gasteiger partial charge in [-0.05, 0) is 0 Å². The zero-order valence-electron chi connectivity index (χ0n) is 9.66. The molecular weight excluding hydrogens is 256 g/mol. The lowest BCUT2D eigenvalue weighted by molar-refractivity contribution is -0.0574. The highest BCUT2D eigenvalue weighted by atomic mass is 16.6. The average Bonchev–Trinajstić information content (AvgIpc) is 2.94. The van der Waals surface area contributed by atoms with E-state index >= 15 is 0 Å². The highest BCUT2D eigenvalue weighted by Gasteiger charge is 2.44. The summed E-state index contributed by atoms with van der Waals surface area (Å²) in [6.07, 6.45) is -3.12. The number of nitrogens with zero attached hydrogens (tertiary/aromatic N) is 5. The fourth-order valence-electron chi connectivity index (χ4n) is 2.03. The van der Waals surface area contributed by atoms with Crippen molar-refractivity contribution in [1.29, 1.82) is 0 Å². The van der Waals surface area contributed by atoms with Crippen molar-refractivity contribution < 1.29 is 20.1 Å². The molecular formula is C9H12N6O4. The van der Waals surface area contributed by atoms with Gasteiger partial charge in [-0.3, -0.25) is 0 Å². The van der Waals surface area contributed by atoms with Gasteiger partial charge in [-0.15, -0.1) is 5.10 Å². The molecule has 0 bridgehead atoms. The van der Waals surface area contributed by atoms with Gasteiger partial charge < -0.3 is 25.8 Å². The molecule has 2 aromatic rings. The first-order chi connectivity index (χ1) is 9.13. The van der Waals surface area contributed by atoms with Gasteiger partial charge in [0.1, 0.15) is 24.6 Å². The summed E-state index contributed by atoms with van der Waals surface area (Å²) in [4.78, 5) is 7.74. The van der Waals surface area contributed by atoms with Crippen LogP contribution in [0.5, 0.6) is 0 Å². The van der Waals surface area contributed by atoms with Crippen LogP contribution in [0, 0.1) is 0 Å². The maximum absolute atomic E-state index is 9.91. The number of fused-ring (bicyclic) bond motifs is 1. The molecule has 1 saturated heterocycles. The standard InChI is InChI=1S/C9H12N6O4/c10-7-4-8(12-2-11-7)15(14-13-4)9-6(18)5(17)3(1-16)19-9/h2-3,5-6,9,16-18H,1H2,(H2,10,11,12)/t3-,5+,6-,9-/m0/s1. The molecule has 1 aliphatic rings. The van der Waals surface area contributed by atoms with Crippen molar-refractivity contribution in [2.75, 3.05) is 12.3 Å². The van der Waals surface area contributed by atoms with E-state index in [1.54, 1.807) is 0 Å². The second-order valence-corrected chi connectivity index (χ2v) is 4.19. The van der Waals surface area contributed by atoms with Gasteiger partial charge in [-0.1, -0.05) is 5.21 Å². The number of hydrogen-bond donors (Lipinski definition) is 4. The van der Waals surface area contributed by atoms with Crippen LogP contribution in [0.1, 0.15) is 6.23 Å². The van der Waals surface area contributed by atoms with Crippen LogP contribution in [0.4, 0.5) is 5.82 Å². The van der Waals surface area contributed by atoms with E-state index in [0.29, 0.717) is 0 Å². The smallest absolute Gasteiger partial charge is 0.186 e. The Morgan fingerprint density at radius 1 is 1.32 bits per heavy atom. The highest BCUT2D eigenvalue weighted by molar-refractivity contribution is 5.80. The largest absolute Gasteiger partial charge is 0.394 e. The lowest BCUT2D eigenvalue weighted by atomic mass is 10.1. The first kappa shape index (κ1) is 12.2. The zero-order valence-corrected chi connectivity index (χ0v) is 9.66. The third-order valence-corrected chi connectivity index (χ3v) is 3.05. The number of ether oxygens (including phenoxy) is 1. The summed E-state index contributed by atoms with van der Waals surface area (Å²) < 4.78 is 6.54. The van der Waals surface area contributed by atoms with Gasteiger partial charge in [0.2, 0.25) is 0 Å². The van der Waals surface area contributed by atoms with Crippen LogP contribution < -0.4 is 5.73 Å². The van der Waals surface area contributed by atoms with E-state index in [0.717, 1.165) is 0 Å². The predicted molar refractivity (Wildman–Crippen MR) is 60.5 cm³/mol. The maximum Gasteiger partial charge on any atom is 0.186 e. The Hall–Kier alpha value is -1.88. The second kappa shape index (κ2) is 4.35. The molecule has 0 spiro atoms. The Morgan fingerprint density at radius 2 is 2.11 bits per heavy atom. The molecule has 0 saturated carbocycles. The number of nitrogen functional groups attached to an aromatic ring is 1. The Labute approximate surface area is 106 Å². The fourth-order valence-corrected chi connectivity index (χ4v) is 2.03. The summed E-state index contributed by atoms with van der Waals surface area (Å²) >= 11 is 0. The molecule has 10 nitrogen and oxygen atoms in total. The zero-order chi connectivity index (χ0) is 13.6. The molecule has 4 atom stereocenters. The van der Waals surface area contributed by atoms with Crippen LogP contribution in [0.2, 0.25) is 0 Å². The fraction of sp³-hybridized carbons (Fsp3) is 0.556. The van der Waals surface area contributed by atoms with Gasteiger partial charge in [-0.25, -0.2) is 9.97 Å². The molecule has 0 unspecified atom stereocenters. The van der Waals surface area contributed by atoms with Crippen LogP contribution in [-0.4, -0.2) is 65.2 Å². The van der Waals surface area contributed by atoms with Crippen molar-refractivity contribution in [2.24, 2.45) is 0 Å². The number of aromatic nitrogens is 5. The van der Waals surface area contributed by atoms with E-state index in [1.807, 2.05) is 0 Å². The van der Waals surface area contributed by atoms with Crippen LogP contribution in [-0.2, 0) is 4.74 Å². The Morgan fingerprint density at radius 3 is 2.79 bits per heavy atom. The van der Waals surface area contributed by atoms with Crippen LogP contribution in [0.3, 0.4) is 0 Å². The Balaban J connectivity index is 2.04. The first-order valence-electron chi connectivity index (χ1n) is 5.57. The van der Waals surface area contributed by atoms with Gasteiger partial charge in [0.05, 0.1) is 6.61 Å². The molecule has 5 N–H and O–H groups in total. The second-order valence-electron chi connectivity index (χ2n) is 4.19. The molecule has 0 aromatic carbocycles. The minimum absolute atomic E-state index is 0.156. The van der Waals surface area contributed by atoms with E-state index in [2.05, 4.69) is 20.3 Å². The van der Waals surface area contributed by atoms with Crippen molar-refractivity contribution in [2.45, 2.75) is 24.5 Å². The van der Waals surface area contributed by atoms with Crippen LogP contribution in [0.15, 0.2) is 6.33 Å². The lowest BCUT2D eigenvalue weighted by Gasteiger charge is -2.14. The molecule has 10 heteroatoms. The molecule has 3 rings (SSSR count). The number of hydrogen-bond acceptors (Lipinski definition) is 9. The van der Waals surface area contributed by atoms with Gasteiger partial charge in [0, 0.05) is 0 Å². The summed E-state index contributed by atoms with van der Waals surface area (Å²) in [6, 6.07) is 0. The van der Waals surface area contributed by atoms with Gasteiger partial charge >= 0.3 is 0 Å². The molecule has 19 heavy (non-hydrogen) atoms. The summed E-state index contributed by atoms with van der Waals surface area (Å²) in [6.45, 7) is -0.418. The lowest BCUT2D eigenvalue weighted by Crippen LogP contribution is -2.33. The van der Waals surface area contributed by atoms with E-state index in [-0.39, 0.29) is 17.0 Å². The number of aliphatic hydroxyl groups is 3. The monoisotopic (exact) mass is 268 g/mol. The minimum atomic E-state index is -1.25. The van der Waals surface area contributed by atoms with E-state index in [1.165, 1.54) is 11.0 Å². The number of aliphatic hydroxyl groups excluding tert-OH is 3. The average molecular weight is 268 g/mol. The molecule has 2 aromatic heterocycles. The van der Waals surface area contributed by atoms with Crippen molar-refractivity contribution in [3.63, 3.8) is 0 Å². The Bertz CT molecular complexity index is 603. The van der Waals surface area contributed by atoms with Crippen molar-refractivity contribution >= 4 is 17.0 Å². The number of nitrogens with two attached hydrogens (primary N) is 1. The molecule has 1 fully saturated rings. The maximum atomic E-state index is 9.91. The number of rotatable bonds is 2. The molecule has 0 radical (unpaired) electrons. The van der Waals surface area contributed by atoms with Crippen molar-refractivity contribution in [1.82, 2.24) is 25.0 Å². The summed E-state index contributed by atoms with van der Waals surface area (Å²) in [5.74, 6) is 0.156. The third kappa shape index (κ3) is 1.73. The minimum Gasteiger partial charge on any atom is -0.394 e. The molecule has 0 amide bonds. The van der Waals surface area contributed by atoms with E-state index < -0.39 is 31.1 Å². The summed E-state index contributed by atoms with van der Waals surface area (Å²) in [5.41, 5.74) is 6.18. The van der Waals surface area contributed by atoms with E-state index in [9.17, 15) is 10.2 Å². The van der Waals surface area contributed by atoms with E-state index in [4.69, 9.17) is 15.6 Å². The van der Waals surface area contributed by atoms with Crippen molar-refractivity contribution in [3.05, 3.63) is 6.33 Å². The topological polar surface area (TPSA) is 152 Å². The van der Waals surface area contributed by atoms with Gasteiger partial charge in [0.25, 0.3) is 0 Å².